The van der Waals surface area contributed by atoms with Crippen LogP contribution in [0.1, 0.15) is 30.9 Å². The number of hydrogen-bond donors (Lipinski definition) is 0. The van der Waals surface area contributed by atoms with Crippen LogP contribution < -0.4 is 4.74 Å². The second kappa shape index (κ2) is 5.77. The number of halogens is 1. The molecule has 0 radical (unpaired) electrons. The Morgan fingerprint density at radius 3 is 2.32 bits per heavy atom. The van der Waals surface area contributed by atoms with Crippen molar-refractivity contribution in [3.05, 3.63) is 58.6 Å². The number of rotatable bonds is 3. The number of nitrogens with zero attached hydrogens (tertiary/aromatic N) is 1. The molecule has 0 aliphatic rings. The van der Waals surface area contributed by atoms with Gasteiger partial charge in [0.2, 0.25) is 0 Å². The van der Waals surface area contributed by atoms with E-state index in [2.05, 4.69) is 13.8 Å². The lowest BCUT2D eigenvalue weighted by atomic mass is 10.0. The maximum Gasteiger partial charge on any atom is 0.146 e. The highest BCUT2D eigenvalue weighted by Gasteiger charge is 2.05. The van der Waals surface area contributed by atoms with Crippen LogP contribution >= 0.6 is 11.6 Å². The monoisotopic (exact) mass is 271 g/mol. The summed E-state index contributed by atoms with van der Waals surface area (Å²) >= 11 is 6.06. The van der Waals surface area contributed by atoms with Gasteiger partial charge in [0.15, 0.2) is 0 Å². The zero-order valence-corrected chi connectivity index (χ0v) is 11.6. The fourth-order valence-corrected chi connectivity index (χ4v) is 1.92. The summed E-state index contributed by atoms with van der Waals surface area (Å²) in [5.41, 5.74) is 1.78. The smallest absolute Gasteiger partial charge is 0.146 e. The summed E-state index contributed by atoms with van der Waals surface area (Å²) in [6.45, 7) is 4.29. The molecule has 3 heteroatoms. The summed E-state index contributed by atoms with van der Waals surface area (Å²) in [5.74, 6) is 1.78. The predicted molar refractivity (Wildman–Crippen MR) is 76.8 cm³/mol. The van der Waals surface area contributed by atoms with Gasteiger partial charge in [-0.2, -0.15) is 5.26 Å². The molecule has 0 atom stereocenters. The van der Waals surface area contributed by atoms with Crippen LogP contribution in [0.3, 0.4) is 0 Å². The molecule has 0 saturated heterocycles. The van der Waals surface area contributed by atoms with Crippen LogP contribution in [0.4, 0.5) is 0 Å². The SMILES string of the molecule is CC(C)c1ccc(Oc2ccc(C#N)cc2Cl)cc1. The topological polar surface area (TPSA) is 33.0 Å². The van der Waals surface area contributed by atoms with Crippen LogP contribution in [0.2, 0.25) is 5.02 Å². The molecular formula is C16H14ClNO. The average Bonchev–Trinajstić information content (AvgIpc) is 2.41. The lowest BCUT2D eigenvalue weighted by Crippen LogP contribution is -1.89. The van der Waals surface area contributed by atoms with Crippen molar-refractivity contribution in [2.75, 3.05) is 0 Å². The minimum atomic E-state index is 0.437. The molecule has 2 aromatic rings. The molecule has 0 fully saturated rings. The van der Waals surface area contributed by atoms with Gasteiger partial charge in [-0.25, -0.2) is 0 Å². The van der Waals surface area contributed by atoms with Gasteiger partial charge in [-0.1, -0.05) is 37.6 Å². The number of ether oxygens (including phenoxy) is 1. The molecule has 0 saturated carbocycles. The van der Waals surface area contributed by atoms with Crippen LogP contribution in [0, 0.1) is 11.3 Å². The van der Waals surface area contributed by atoms with Crippen molar-refractivity contribution < 1.29 is 4.74 Å². The Labute approximate surface area is 118 Å². The molecule has 0 unspecified atom stereocenters. The summed E-state index contributed by atoms with van der Waals surface area (Å²) in [7, 11) is 0. The summed E-state index contributed by atoms with van der Waals surface area (Å²) in [4.78, 5) is 0. The number of benzene rings is 2. The molecular weight excluding hydrogens is 258 g/mol. The second-order valence-electron chi connectivity index (χ2n) is 4.58. The third-order valence-corrected chi connectivity index (χ3v) is 3.13. The fraction of sp³-hybridized carbons (Fsp3) is 0.188. The molecule has 0 heterocycles. The van der Waals surface area contributed by atoms with Gasteiger partial charge in [-0.15, -0.1) is 0 Å². The molecule has 0 spiro atoms. The first-order chi connectivity index (χ1) is 9.10. The number of nitriles is 1. The summed E-state index contributed by atoms with van der Waals surface area (Å²) in [5, 5.41) is 9.21. The molecule has 96 valence electrons. The van der Waals surface area contributed by atoms with E-state index in [4.69, 9.17) is 21.6 Å². The standard InChI is InChI=1S/C16H14ClNO/c1-11(2)13-4-6-14(7-5-13)19-16-8-3-12(10-18)9-15(16)17/h3-9,11H,1-2H3. The minimum Gasteiger partial charge on any atom is -0.456 e. The van der Waals surface area contributed by atoms with Gasteiger partial charge in [0.1, 0.15) is 11.5 Å². The molecule has 0 aliphatic carbocycles. The maximum atomic E-state index is 8.78. The Hall–Kier alpha value is -1.98. The van der Waals surface area contributed by atoms with Crippen molar-refractivity contribution in [3.8, 4) is 17.6 Å². The van der Waals surface area contributed by atoms with Crippen LogP contribution in [0.5, 0.6) is 11.5 Å². The normalized spacial score (nSPS) is 10.3. The Bertz CT molecular complexity index is 612. The van der Waals surface area contributed by atoms with E-state index in [1.165, 1.54) is 5.56 Å². The molecule has 2 nitrogen and oxygen atoms in total. The Morgan fingerprint density at radius 2 is 1.79 bits per heavy atom. The van der Waals surface area contributed by atoms with Gasteiger partial charge in [0.05, 0.1) is 16.7 Å². The van der Waals surface area contributed by atoms with Crippen molar-refractivity contribution >= 4 is 11.6 Å². The van der Waals surface area contributed by atoms with Crippen molar-refractivity contribution in [2.24, 2.45) is 0 Å². The van der Waals surface area contributed by atoms with Crippen molar-refractivity contribution in [1.29, 1.82) is 5.26 Å². The van der Waals surface area contributed by atoms with E-state index in [0.29, 0.717) is 22.3 Å². The minimum absolute atomic E-state index is 0.437. The Kier molecular flexibility index (Phi) is 4.09. The highest BCUT2D eigenvalue weighted by atomic mass is 35.5. The van der Waals surface area contributed by atoms with Gasteiger partial charge in [-0.05, 0) is 41.8 Å². The lowest BCUT2D eigenvalue weighted by Gasteiger charge is -2.09. The van der Waals surface area contributed by atoms with Crippen LogP contribution in [-0.2, 0) is 0 Å². The van der Waals surface area contributed by atoms with Crippen LogP contribution in [0.15, 0.2) is 42.5 Å². The summed E-state index contributed by atoms with van der Waals surface area (Å²) in [6, 6.07) is 14.9. The molecule has 0 N–H and O–H groups in total. The van der Waals surface area contributed by atoms with E-state index in [0.717, 1.165) is 5.75 Å². The first kappa shape index (κ1) is 13.5. The van der Waals surface area contributed by atoms with E-state index in [-0.39, 0.29) is 0 Å². The first-order valence-electron chi connectivity index (χ1n) is 6.07. The Morgan fingerprint density at radius 1 is 1.11 bits per heavy atom. The molecule has 0 amide bonds. The average molecular weight is 272 g/mol. The highest BCUT2D eigenvalue weighted by molar-refractivity contribution is 6.32. The first-order valence-corrected chi connectivity index (χ1v) is 6.45. The lowest BCUT2D eigenvalue weighted by molar-refractivity contribution is 0.482. The second-order valence-corrected chi connectivity index (χ2v) is 4.99. The van der Waals surface area contributed by atoms with Gasteiger partial charge in [-0.3, -0.25) is 0 Å². The van der Waals surface area contributed by atoms with E-state index >= 15 is 0 Å². The van der Waals surface area contributed by atoms with Crippen molar-refractivity contribution in [2.45, 2.75) is 19.8 Å². The van der Waals surface area contributed by atoms with Crippen molar-refractivity contribution in [3.63, 3.8) is 0 Å². The zero-order chi connectivity index (χ0) is 13.8. The van der Waals surface area contributed by atoms with Gasteiger partial charge in [0, 0.05) is 0 Å². The Balaban J connectivity index is 2.19. The van der Waals surface area contributed by atoms with Gasteiger partial charge >= 0.3 is 0 Å². The van der Waals surface area contributed by atoms with E-state index in [1.54, 1.807) is 18.2 Å². The molecule has 0 aliphatic heterocycles. The van der Waals surface area contributed by atoms with E-state index in [1.807, 2.05) is 30.3 Å². The molecule has 0 aromatic heterocycles. The van der Waals surface area contributed by atoms with E-state index < -0.39 is 0 Å². The largest absolute Gasteiger partial charge is 0.456 e. The zero-order valence-electron chi connectivity index (χ0n) is 10.9. The van der Waals surface area contributed by atoms with Crippen LogP contribution in [-0.4, -0.2) is 0 Å². The van der Waals surface area contributed by atoms with Gasteiger partial charge < -0.3 is 4.74 Å². The predicted octanol–water partition coefficient (Wildman–Crippen LogP) is 5.13. The van der Waals surface area contributed by atoms with Crippen molar-refractivity contribution in [1.82, 2.24) is 0 Å². The molecule has 2 aromatic carbocycles. The summed E-state index contributed by atoms with van der Waals surface area (Å²) in [6.07, 6.45) is 0. The van der Waals surface area contributed by atoms with Crippen LogP contribution in [0.25, 0.3) is 0 Å². The quantitative estimate of drug-likeness (QED) is 0.775. The third kappa shape index (κ3) is 3.27. The number of hydrogen-bond acceptors (Lipinski definition) is 2. The maximum absolute atomic E-state index is 8.78. The highest BCUT2D eigenvalue weighted by Crippen LogP contribution is 2.30. The molecule has 2 rings (SSSR count). The fourth-order valence-electron chi connectivity index (χ4n) is 1.70. The van der Waals surface area contributed by atoms with E-state index in [9.17, 15) is 0 Å². The van der Waals surface area contributed by atoms with Gasteiger partial charge in [0.25, 0.3) is 0 Å². The third-order valence-electron chi connectivity index (χ3n) is 2.84. The molecule has 0 bridgehead atoms. The molecule has 19 heavy (non-hydrogen) atoms. The summed E-state index contributed by atoms with van der Waals surface area (Å²) < 4.78 is 5.70.